The average molecular weight is 276 g/mol. The Kier molecular flexibility index (Phi) is 2.39. The maximum absolute atomic E-state index is 11.5. The van der Waals surface area contributed by atoms with Crippen LogP contribution in [0.25, 0.3) is 5.57 Å². The molecule has 2 atom stereocenters. The minimum absolute atomic E-state index is 0.210. The van der Waals surface area contributed by atoms with Gasteiger partial charge in [0.05, 0.1) is 11.6 Å². The number of primary amides is 1. The topological polar surface area (TPSA) is 55.1 Å². The second-order valence-electron chi connectivity index (χ2n) is 5.86. The van der Waals surface area contributed by atoms with Gasteiger partial charge < -0.3 is 5.73 Å². The van der Waals surface area contributed by atoms with Crippen molar-refractivity contribution in [2.45, 2.75) is 18.5 Å². The van der Waals surface area contributed by atoms with Gasteiger partial charge in [0.2, 0.25) is 5.91 Å². The number of nitrogens with two attached hydrogens (primary N) is 1. The summed E-state index contributed by atoms with van der Waals surface area (Å²) in [7, 11) is 0. The zero-order valence-electron chi connectivity index (χ0n) is 11.8. The highest BCUT2D eigenvalue weighted by molar-refractivity contribution is 5.94. The van der Waals surface area contributed by atoms with Gasteiger partial charge in [-0.3, -0.25) is 10.1 Å². The summed E-state index contributed by atoms with van der Waals surface area (Å²) in [4.78, 5) is 11.5. The third-order valence-electron chi connectivity index (χ3n) is 4.61. The van der Waals surface area contributed by atoms with Gasteiger partial charge in [-0.1, -0.05) is 42.5 Å². The smallest absolute Gasteiger partial charge is 0.248 e. The van der Waals surface area contributed by atoms with Crippen molar-refractivity contribution in [3.8, 4) is 0 Å². The summed E-state index contributed by atoms with van der Waals surface area (Å²) in [5, 5.41) is 3.64. The lowest BCUT2D eigenvalue weighted by Crippen LogP contribution is -2.31. The molecule has 0 radical (unpaired) electrons. The Bertz CT molecular complexity index is 779. The monoisotopic (exact) mass is 276 g/mol. The predicted molar refractivity (Wildman–Crippen MR) is 82.6 cm³/mol. The fourth-order valence-electron chi connectivity index (χ4n) is 3.57. The van der Waals surface area contributed by atoms with Gasteiger partial charge in [-0.2, -0.15) is 0 Å². The van der Waals surface area contributed by atoms with Crippen LogP contribution in [0, 0.1) is 0 Å². The molecule has 0 aliphatic carbocycles. The van der Waals surface area contributed by atoms with Crippen LogP contribution in [-0.4, -0.2) is 5.91 Å². The highest BCUT2D eigenvalue weighted by Crippen LogP contribution is 2.52. The minimum Gasteiger partial charge on any atom is -0.366 e. The van der Waals surface area contributed by atoms with Gasteiger partial charge in [0, 0.05) is 5.56 Å². The number of amides is 1. The van der Waals surface area contributed by atoms with Crippen molar-refractivity contribution < 1.29 is 4.79 Å². The normalized spacial score (nSPS) is 25.6. The number of rotatable bonds is 2. The number of carbonyl (C=O) groups excluding carboxylic acids is 1. The lowest BCUT2D eigenvalue weighted by molar-refractivity contribution is 0.1000. The van der Waals surface area contributed by atoms with Crippen LogP contribution in [0.5, 0.6) is 0 Å². The Labute approximate surface area is 123 Å². The molecular weight excluding hydrogens is 260 g/mol. The van der Waals surface area contributed by atoms with E-state index in [0.717, 1.165) is 5.56 Å². The van der Waals surface area contributed by atoms with Crippen molar-refractivity contribution in [1.29, 1.82) is 0 Å². The molecule has 4 rings (SSSR count). The molecule has 2 unspecified atom stereocenters. The number of nitrogens with one attached hydrogen (secondary N) is 1. The molecule has 0 saturated carbocycles. The van der Waals surface area contributed by atoms with Crippen LogP contribution in [0.1, 0.15) is 40.0 Å². The maximum Gasteiger partial charge on any atom is 0.248 e. The van der Waals surface area contributed by atoms with E-state index < -0.39 is 0 Å². The molecule has 2 aromatic carbocycles. The first-order valence-electron chi connectivity index (χ1n) is 7.09. The Morgan fingerprint density at radius 1 is 1.19 bits per heavy atom. The van der Waals surface area contributed by atoms with E-state index >= 15 is 0 Å². The van der Waals surface area contributed by atoms with Gasteiger partial charge in [0.15, 0.2) is 0 Å². The van der Waals surface area contributed by atoms with E-state index in [4.69, 9.17) is 5.73 Å². The second-order valence-corrected chi connectivity index (χ2v) is 5.86. The standard InChI is InChI=1S/C18H16N2O/c1-18-14(11-5-3-2-4-6-11)10-16(20-18)13-8-7-12(17(19)21)9-15(13)18/h2-10,16,20H,1H3,(H2,19,21). The van der Waals surface area contributed by atoms with Crippen LogP contribution in [0.4, 0.5) is 0 Å². The third kappa shape index (κ3) is 1.61. The summed E-state index contributed by atoms with van der Waals surface area (Å²) in [5.74, 6) is -0.380. The van der Waals surface area contributed by atoms with Crippen molar-refractivity contribution in [2.24, 2.45) is 5.73 Å². The molecule has 0 fully saturated rings. The molecule has 1 amide bonds. The first-order chi connectivity index (χ1) is 10.1. The molecule has 0 saturated heterocycles. The van der Waals surface area contributed by atoms with E-state index in [2.05, 4.69) is 30.4 Å². The SMILES string of the molecule is CC12NC(C=C1c1ccccc1)c1ccc(C(N)=O)cc12. The molecule has 2 aliphatic heterocycles. The van der Waals surface area contributed by atoms with Gasteiger partial charge in [-0.15, -0.1) is 0 Å². The predicted octanol–water partition coefficient (Wildman–Crippen LogP) is 2.74. The van der Waals surface area contributed by atoms with E-state index in [1.54, 1.807) is 0 Å². The number of fused-ring (bicyclic) bond motifs is 5. The zero-order chi connectivity index (χ0) is 14.6. The van der Waals surface area contributed by atoms with E-state index in [-0.39, 0.29) is 17.5 Å². The van der Waals surface area contributed by atoms with Crippen LogP contribution in [0.3, 0.4) is 0 Å². The largest absolute Gasteiger partial charge is 0.366 e. The van der Waals surface area contributed by atoms with E-state index in [0.29, 0.717) is 5.56 Å². The number of hydrogen-bond donors (Lipinski definition) is 2. The molecule has 2 heterocycles. The van der Waals surface area contributed by atoms with Gasteiger partial charge >= 0.3 is 0 Å². The summed E-state index contributed by atoms with van der Waals surface area (Å²) < 4.78 is 0. The Morgan fingerprint density at radius 2 is 1.95 bits per heavy atom. The van der Waals surface area contributed by atoms with Crippen LogP contribution < -0.4 is 11.1 Å². The van der Waals surface area contributed by atoms with Crippen LogP contribution >= 0.6 is 0 Å². The molecule has 2 bridgehead atoms. The second kappa shape index (κ2) is 4.06. The van der Waals surface area contributed by atoms with Gasteiger partial charge in [0.25, 0.3) is 0 Å². The molecule has 3 nitrogen and oxygen atoms in total. The molecule has 3 N–H and O–H groups in total. The zero-order valence-corrected chi connectivity index (χ0v) is 11.8. The fraction of sp³-hybridized carbons (Fsp3) is 0.167. The van der Waals surface area contributed by atoms with Crippen molar-refractivity contribution >= 4 is 11.5 Å². The average Bonchev–Trinajstić information content (AvgIpc) is 2.99. The summed E-state index contributed by atoms with van der Waals surface area (Å²) in [6, 6.07) is 16.3. The number of benzene rings is 2. The first-order valence-corrected chi connectivity index (χ1v) is 7.09. The van der Waals surface area contributed by atoms with Crippen molar-refractivity contribution in [2.75, 3.05) is 0 Å². The first kappa shape index (κ1) is 12.4. The minimum atomic E-state index is -0.380. The fourth-order valence-corrected chi connectivity index (χ4v) is 3.57. The number of hydrogen-bond acceptors (Lipinski definition) is 2. The summed E-state index contributed by atoms with van der Waals surface area (Å²) in [6.07, 6.45) is 2.28. The van der Waals surface area contributed by atoms with Crippen LogP contribution in [0.2, 0.25) is 0 Å². The Hall–Kier alpha value is -2.39. The third-order valence-corrected chi connectivity index (χ3v) is 4.61. The van der Waals surface area contributed by atoms with Gasteiger partial charge in [-0.05, 0) is 41.3 Å². The molecule has 0 aromatic heterocycles. The highest BCUT2D eigenvalue weighted by Gasteiger charge is 2.47. The summed E-state index contributed by atoms with van der Waals surface area (Å²) >= 11 is 0. The molecule has 2 aliphatic rings. The summed E-state index contributed by atoms with van der Waals surface area (Å²) in [5.41, 5.74) is 10.6. The van der Waals surface area contributed by atoms with Gasteiger partial charge in [0.1, 0.15) is 0 Å². The number of carbonyl (C=O) groups is 1. The van der Waals surface area contributed by atoms with Crippen molar-refractivity contribution in [3.63, 3.8) is 0 Å². The molecule has 3 heteroatoms. The molecule has 0 spiro atoms. The van der Waals surface area contributed by atoms with E-state index in [9.17, 15) is 4.79 Å². The Balaban J connectivity index is 1.87. The summed E-state index contributed by atoms with van der Waals surface area (Å²) in [6.45, 7) is 2.17. The van der Waals surface area contributed by atoms with Crippen LogP contribution in [-0.2, 0) is 5.54 Å². The lowest BCUT2D eigenvalue weighted by atomic mass is 9.78. The molecule has 21 heavy (non-hydrogen) atoms. The maximum atomic E-state index is 11.5. The highest BCUT2D eigenvalue weighted by atomic mass is 16.1. The van der Waals surface area contributed by atoms with Crippen LogP contribution in [0.15, 0.2) is 54.6 Å². The van der Waals surface area contributed by atoms with Crippen molar-refractivity contribution in [1.82, 2.24) is 5.32 Å². The molecule has 2 aromatic rings. The molecular formula is C18H16N2O. The van der Waals surface area contributed by atoms with E-state index in [1.807, 2.05) is 36.4 Å². The molecule has 104 valence electrons. The van der Waals surface area contributed by atoms with Gasteiger partial charge in [-0.25, -0.2) is 0 Å². The van der Waals surface area contributed by atoms with Crippen molar-refractivity contribution in [3.05, 3.63) is 76.9 Å². The Morgan fingerprint density at radius 3 is 2.67 bits per heavy atom. The van der Waals surface area contributed by atoms with E-state index in [1.165, 1.54) is 16.7 Å². The quantitative estimate of drug-likeness (QED) is 0.886. The lowest BCUT2D eigenvalue weighted by Gasteiger charge is -2.28.